The van der Waals surface area contributed by atoms with Gasteiger partial charge in [0, 0.05) is 32.6 Å². The predicted octanol–water partition coefficient (Wildman–Crippen LogP) is 6.32. The van der Waals surface area contributed by atoms with Crippen molar-refractivity contribution in [2.45, 2.75) is 50.6 Å². The van der Waals surface area contributed by atoms with Gasteiger partial charge in [-0.2, -0.15) is 26.3 Å². The van der Waals surface area contributed by atoms with E-state index in [4.69, 9.17) is 4.74 Å². The Morgan fingerprint density at radius 2 is 1.69 bits per heavy atom. The average molecular weight is 555 g/mol. The molecule has 13 heteroatoms. The fraction of sp³-hybridized carbons (Fsp3) is 0.423. The first-order chi connectivity index (χ1) is 18.3. The number of benzene rings is 1. The van der Waals surface area contributed by atoms with Gasteiger partial charge in [-0.15, -0.1) is 0 Å². The van der Waals surface area contributed by atoms with Gasteiger partial charge in [-0.05, 0) is 42.7 Å². The van der Waals surface area contributed by atoms with Crippen molar-refractivity contribution in [1.29, 1.82) is 0 Å². The molecule has 4 rings (SSSR count). The van der Waals surface area contributed by atoms with E-state index in [0.717, 1.165) is 24.2 Å². The number of hydrogen-bond acceptors (Lipinski definition) is 7. The fourth-order valence-corrected chi connectivity index (χ4v) is 4.48. The number of halogens is 6. The number of fused-ring (bicyclic) bond motifs is 1. The molecule has 3 aromatic rings. The lowest BCUT2D eigenvalue weighted by Gasteiger charge is -2.32. The molecule has 39 heavy (non-hydrogen) atoms. The number of nitrogens with one attached hydrogen (secondary N) is 2. The van der Waals surface area contributed by atoms with Crippen LogP contribution in [-0.4, -0.2) is 42.2 Å². The van der Waals surface area contributed by atoms with Crippen molar-refractivity contribution in [1.82, 2.24) is 15.0 Å². The van der Waals surface area contributed by atoms with Crippen LogP contribution >= 0.6 is 0 Å². The Morgan fingerprint density at radius 3 is 2.26 bits per heavy atom. The highest BCUT2D eigenvalue weighted by Gasteiger charge is 2.37. The van der Waals surface area contributed by atoms with Gasteiger partial charge in [-0.1, -0.05) is 6.92 Å². The van der Waals surface area contributed by atoms with E-state index < -0.39 is 23.5 Å². The number of aromatic nitrogens is 3. The van der Waals surface area contributed by atoms with Crippen molar-refractivity contribution < 1.29 is 31.1 Å². The summed E-state index contributed by atoms with van der Waals surface area (Å²) in [6, 6.07) is 4.98. The number of alkyl halides is 6. The molecule has 0 aliphatic carbocycles. The molecule has 0 saturated heterocycles. The van der Waals surface area contributed by atoms with E-state index in [1.54, 1.807) is 25.1 Å². The number of hydrogen-bond donors (Lipinski definition) is 2. The molecule has 0 amide bonds. The van der Waals surface area contributed by atoms with Crippen LogP contribution in [0.1, 0.15) is 53.9 Å². The van der Waals surface area contributed by atoms with E-state index in [1.165, 1.54) is 13.3 Å². The lowest BCUT2D eigenvalue weighted by Crippen LogP contribution is -2.32. The van der Waals surface area contributed by atoms with Crippen molar-refractivity contribution in [3.8, 4) is 5.88 Å². The molecule has 0 unspecified atom stereocenters. The Kier molecular flexibility index (Phi) is 7.80. The molecule has 0 bridgehead atoms. The van der Waals surface area contributed by atoms with E-state index in [9.17, 15) is 26.3 Å². The predicted molar refractivity (Wildman–Crippen MR) is 135 cm³/mol. The smallest absolute Gasteiger partial charge is 0.416 e. The molecule has 2 atom stereocenters. The molecule has 2 N–H and O–H groups in total. The summed E-state index contributed by atoms with van der Waals surface area (Å²) in [6.07, 6.45) is -7.19. The molecule has 1 aliphatic rings. The minimum absolute atomic E-state index is 0.114. The monoisotopic (exact) mass is 554 g/mol. The summed E-state index contributed by atoms with van der Waals surface area (Å²) in [5.41, 5.74) is -0.678. The van der Waals surface area contributed by atoms with Gasteiger partial charge >= 0.3 is 12.4 Å². The SMILES string of the molecule is CC[C@@H]1C[C@H](Nc2ncc(N(C)C)c(Cc3cc(C(F)(F)F)cc(C(F)(F)F)c3)n2)c2nc(OC)ccc2N1. The van der Waals surface area contributed by atoms with Crippen LogP contribution in [-0.2, 0) is 18.8 Å². The average Bonchev–Trinajstić information content (AvgIpc) is 2.87. The molecule has 2 aromatic heterocycles. The molecule has 1 aliphatic heterocycles. The largest absolute Gasteiger partial charge is 0.481 e. The molecular weight excluding hydrogens is 526 g/mol. The molecule has 7 nitrogen and oxygen atoms in total. The topological polar surface area (TPSA) is 75.2 Å². The lowest BCUT2D eigenvalue weighted by atomic mass is 9.95. The Morgan fingerprint density at radius 1 is 1.03 bits per heavy atom. The van der Waals surface area contributed by atoms with Crippen LogP contribution in [0.25, 0.3) is 0 Å². The first-order valence-corrected chi connectivity index (χ1v) is 12.2. The van der Waals surface area contributed by atoms with E-state index in [0.29, 0.717) is 23.7 Å². The Bertz CT molecular complexity index is 1300. The molecule has 0 saturated carbocycles. The van der Waals surface area contributed by atoms with Gasteiger partial charge in [-0.25, -0.2) is 15.0 Å². The maximum atomic E-state index is 13.4. The molecule has 210 valence electrons. The maximum Gasteiger partial charge on any atom is 0.416 e. The minimum atomic E-state index is -4.94. The van der Waals surface area contributed by atoms with Gasteiger partial charge < -0.3 is 20.3 Å². The number of nitrogens with zero attached hydrogens (tertiary/aromatic N) is 4. The first kappa shape index (κ1) is 28.2. The zero-order chi connectivity index (χ0) is 28.5. The van der Waals surface area contributed by atoms with Gasteiger partial charge in [0.15, 0.2) is 0 Å². The second kappa shape index (κ2) is 10.8. The lowest BCUT2D eigenvalue weighted by molar-refractivity contribution is -0.143. The van der Waals surface area contributed by atoms with Gasteiger partial charge in [0.25, 0.3) is 0 Å². The second-order valence-corrected chi connectivity index (χ2v) is 9.48. The summed E-state index contributed by atoms with van der Waals surface area (Å²) in [5.74, 6) is 0.600. The molecule has 3 heterocycles. The van der Waals surface area contributed by atoms with Crippen LogP contribution in [0.15, 0.2) is 36.5 Å². The minimum Gasteiger partial charge on any atom is -0.481 e. The molecule has 0 spiro atoms. The third kappa shape index (κ3) is 6.45. The van der Waals surface area contributed by atoms with Gasteiger partial charge in [-0.3, -0.25) is 0 Å². The normalized spacial score (nSPS) is 17.3. The molecular formula is C26H28F6N6O. The highest BCUT2D eigenvalue weighted by molar-refractivity contribution is 5.57. The number of anilines is 3. The highest BCUT2D eigenvalue weighted by atomic mass is 19.4. The third-order valence-corrected chi connectivity index (χ3v) is 6.46. The number of ether oxygens (including phenoxy) is 1. The van der Waals surface area contributed by atoms with Gasteiger partial charge in [0.2, 0.25) is 11.8 Å². The summed E-state index contributed by atoms with van der Waals surface area (Å²) in [7, 11) is 4.89. The van der Waals surface area contributed by atoms with E-state index in [1.807, 2.05) is 13.0 Å². The van der Waals surface area contributed by atoms with Crippen LogP contribution in [0.3, 0.4) is 0 Å². The second-order valence-electron chi connectivity index (χ2n) is 9.48. The summed E-state index contributed by atoms with van der Waals surface area (Å²) >= 11 is 0. The zero-order valence-corrected chi connectivity index (χ0v) is 21.7. The van der Waals surface area contributed by atoms with Crippen LogP contribution < -0.4 is 20.3 Å². The Labute approximate surface area is 221 Å². The van der Waals surface area contributed by atoms with Gasteiger partial charge in [0.1, 0.15) is 0 Å². The highest BCUT2D eigenvalue weighted by Crippen LogP contribution is 2.38. The standard InChI is InChI=1S/C26H28F6N6O/c1-5-17-12-20(23-18(34-17)6-7-22(37-23)39-4)36-24-33-13-21(38(2)3)19(35-24)10-14-8-15(25(27,28)29)11-16(9-14)26(30,31)32/h6-9,11,13,17,20,34H,5,10,12H2,1-4H3,(H,33,35,36)/t17-,20+/m1/s1. The zero-order valence-electron chi connectivity index (χ0n) is 21.7. The molecule has 0 radical (unpaired) electrons. The van der Waals surface area contributed by atoms with Crippen molar-refractivity contribution in [3.05, 3.63) is 64.6 Å². The Balaban J connectivity index is 1.71. The van der Waals surface area contributed by atoms with Gasteiger partial charge in [0.05, 0.1) is 53.2 Å². The molecule has 1 aromatic carbocycles. The first-order valence-electron chi connectivity index (χ1n) is 12.2. The van der Waals surface area contributed by atoms with Crippen LogP contribution in [0.2, 0.25) is 0 Å². The summed E-state index contributed by atoms with van der Waals surface area (Å²) in [4.78, 5) is 15.1. The maximum absolute atomic E-state index is 13.4. The third-order valence-electron chi connectivity index (χ3n) is 6.46. The Hall–Kier alpha value is -3.77. The number of rotatable bonds is 7. The van der Waals surface area contributed by atoms with Crippen molar-refractivity contribution >= 4 is 17.3 Å². The summed E-state index contributed by atoms with van der Waals surface area (Å²) in [6.45, 7) is 2.04. The van der Waals surface area contributed by atoms with Crippen LogP contribution in [0.5, 0.6) is 5.88 Å². The number of pyridine rings is 1. The van der Waals surface area contributed by atoms with Crippen LogP contribution in [0.4, 0.5) is 43.7 Å². The van der Waals surface area contributed by atoms with E-state index >= 15 is 0 Å². The quantitative estimate of drug-likeness (QED) is 0.331. The summed E-state index contributed by atoms with van der Waals surface area (Å²) < 4.78 is 85.7. The summed E-state index contributed by atoms with van der Waals surface area (Å²) in [5, 5.41) is 6.68. The van der Waals surface area contributed by atoms with Crippen molar-refractivity contribution in [2.75, 3.05) is 36.7 Å². The van der Waals surface area contributed by atoms with E-state index in [2.05, 4.69) is 25.6 Å². The molecule has 0 fully saturated rings. The van der Waals surface area contributed by atoms with E-state index in [-0.39, 0.29) is 41.8 Å². The van der Waals surface area contributed by atoms with Crippen molar-refractivity contribution in [2.24, 2.45) is 0 Å². The van der Waals surface area contributed by atoms with Crippen LogP contribution in [0, 0.1) is 0 Å². The number of methoxy groups -OCH3 is 1. The van der Waals surface area contributed by atoms with Crippen molar-refractivity contribution in [3.63, 3.8) is 0 Å². The fourth-order valence-electron chi connectivity index (χ4n) is 4.48.